The van der Waals surface area contributed by atoms with Crippen molar-refractivity contribution in [2.24, 2.45) is 5.73 Å². The number of hydrogen-bond acceptors (Lipinski definition) is 2. The third-order valence-corrected chi connectivity index (χ3v) is 4.19. The highest BCUT2D eigenvalue weighted by Gasteiger charge is 2.08. The zero-order valence-electron chi connectivity index (χ0n) is 10.00. The maximum Gasteiger partial charge on any atom is 0.139 e. The molecule has 2 aromatic carbocycles. The van der Waals surface area contributed by atoms with E-state index in [9.17, 15) is 0 Å². The Morgan fingerprint density at radius 3 is 2.42 bits per heavy atom. The van der Waals surface area contributed by atoms with Crippen molar-refractivity contribution in [3.8, 4) is 5.75 Å². The molecular formula is C14H12BrCl2NO. The molecule has 0 aliphatic carbocycles. The summed E-state index contributed by atoms with van der Waals surface area (Å²) >= 11 is 15.4. The lowest BCUT2D eigenvalue weighted by atomic mass is 10.1. The highest BCUT2D eigenvalue weighted by atomic mass is 79.9. The molecule has 2 rings (SSSR count). The lowest BCUT2D eigenvalue weighted by Crippen LogP contribution is -2.04. The first-order valence-corrected chi connectivity index (χ1v) is 7.21. The van der Waals surface area contributed by atoms with Crippen molar-refractivity contribution in [1.82, 2.24) is 0 Å². The second-order valence-electron chi connectivity index (χ2n) is 3.96. The molecule has 2 N–H and O–H groups in total. The molecular weight excluding hydrogens is 349 g/mol. The van der Waals surface area contributed by atoms with Gasteiger partial charge in [-0.2, -0.15) is 0 Å². The van der Waals surface area contributed by atoms with Crippen LogP contribution in [0.1, 0.15) is 11.1 Å². The summed E-state index contributed by atoms with van der Waals surface area (Å²) in [6, 6.07) is 11.3. The standard InChI is InChI=1S/C14H12BrCl2NO/c15-11-5-13(17)14(6-12(11)16)19-8-10-4-2-1-3-9(10)7-18/h1-6H,7-8,18H2. The average molecular weight is 361 g/mol. The molecule has 2 aromatic rings. The van der Waals surface area contributed by atoms with E-state index in [1.807, 2.05) is 24.3 Å². The maximum atomic E-state index is 6.10. The SMILES string of the molecule is NCc1ccccc1COc1cc(Cl)c(Br)cc1Cl. The summed E-state index contributed by atoms with van der Waals surface area (Å²) < 4.78 is 6.45. The number of ether oxygens (including phenoxy) is 1. The first kappa shape index (κ1) is 14.7. The Kier molecular flexibility index (Phi) is 5.11. The van der Waals surface area contributed by atoms with Crippen LogP contribution in [0.4, 0.5) is 0 Å². The van der Waals surface area contributed by atoms with Gasteiger partial charge in [-0.25, -0.2) is 0 Å². The summed E-state index contributed by atoms with van der Waals surface area (Å²) in [6.45, 7) is 0.888. The molecule has 0 atom stereocenters. The second-order valence-corrected chi connectivity index (χ2v) is 5.63. The number of nitrogens with two attached hydrogens (primary N) is 1. The fraction of sp³-hybridized carbons (Fsp3) is 0.143. The summed E-state index contributed by atoms with van der Waals surface area (Å²) in [7, 11) is 0. The summed E-state index contributed by atoms with van der Waals surface area (Å²) in [5.74, 6) is 0.557. The number of benzene rings is 2. The van der Waals surface area contributed by atoms with Crippen LogP contribution in [-0.2, 0) is 13.2 Å². The first-order chi connectivity index (χ1) is 9.11. The molecule has 5 heteroatoms. The molecule has 0 unspecified atom stereocenters. The van der Waals surface area contributed by atoms with Crippen molar-refractivity contribution in [1.29, 1.82) is 0 Å². The molecule has 0 aromatic heterocycles. The zero-order chi connectivity index (χ0) is 13.8. The van der Waals surface area contributed by atoms with E-state index in [-0.39, 0.29) is 0 Å². The quantitative estimate of drug-likeness (QED) is 0.795. The van der Waals surface area contributed by atoms with Crippen molar-refractivity contribution < 1.29 is 4.74 Å². The average Bonchev–Trinajstić information content (AvgIpc) is 2.41. The van der Waals surface area contributed by atoms with Gasteiger partial charge in [0, 0.05) is 17.1 Å². The van der Waals surface area contributed by atoms with Gasteiger partial charge in [0.25, 0.3) is 0 Å². The molecule has 0 saturated heterocycles. The highest BCUT2D eigenvalue weighted by molar-refractivity contribution is 9.10. The van der Waals surface area contributed by atoms with Crippen molar-refractivity contribution in [3.63, 3.8) is 0 Å². The largest absolute Gasteiger partial charge is 0.487 e. The molecule has 0 aliphatic heterocycles. The van der Waals surface area contributed by atoms with Gasteiger partial charge in [0.2, 0.25) is 0 Å². The van der Waals surface area contributed by atoms with Gasteiger partial charge in [-0.05, 0) is 33.1 Å². The molecule has 0 saturated carbocycles. The van der Waals surface area contributed by atoms with Gasteiger partial charge in [0.15, 0.2) is 0 Å². The van der Waals surface area contributed by atoms with Crippen LogP contribution in [0.3, 0.4) is 0 Å². The normalized spacial score (nSPS) is 10.5. The Morgan fingerprint density at radius 2 is 1.74 bits per heavy atom. The molecule has 19 heavy (non-hydrogen) atoms. The predicted molar refractivity (Wildman–Crippen MR) is 82.8 cm³/mol. The van der Waals surface area contributed by atoms with Crippen LogP contribution in [-0.4, -0.2) is 0 Å². The smallest absolute Gasteiger partial charge is 0.139 e. The topological polar surface area (TPSA) is 35.2 Å². The van der Waals surface area contributed by atoms with Gasteiger partial charge in [-0.15, -0.1) is 0 Å². The Balaban J connectivity index is 2.17. The van der Waals surface area contributed by atoms with Gasteiger partial charge in [-0.1, -0.05) is 47.5 Å². The number of rotatable bonds is 4. The third kappa shape index (κ3) is 3.63. The number of halogens is 3. The Hall–Kier alpha value is -0.740. The van der Waals surface area contributed by atoms with E-state index >= 15 is 0 Å². The fourth-order valence-corrected chi connectivity index (χ4v) is 2.51. The third-order valence-electron chi connectivity index (χ3n) is 2.70. The molecule has 0 heterocycles. The summed E-state index contributed by atoms with van der Waals surface area (Å²) in [5, 5.41) is 1.08. The van der Waals surface area contributed by atoms with Gasteiger partial charge in [0.05, 0.1) is 10.0 Å². The molecule has 100 valence electrons. The van der Waals surface area contributed by atoms with Gasteiger partial charge < -0.3 is 10.5 Å². The van der Waals surface area contributed by atoms with E-state index in [2.05, 4.69) is 15.9 Å². The molecule has 2 nitrogen and oxygen atoms in total. The lowest BCUT2D eigenvalue weighted by Gasteiger charge is -2.11. The minimum absolute atomic E-state index is 0.408. The van der Waals surface area contributed by atoms with Gasteiger partial charge in [-0.3, -0.25) is 0 Å². The van der Waals surface area contributed by atoms with E-state index in [0.29, 0.717) is 28.9 Å². The number of hydrogen-bond donors (Lipinski definition) is 1. The van der Waals surface area contributed by atoms with Crippen LogP contribution in [0.5, 0.6) is 5.75 Å². The van der Waals surface area contributed by atoms with E-state index < -0.39 is 0 Å². The summed E-state index contributed by atoms with van der Waals surface area (Å²) in [4.78, 5) is 0. The Morgan fingerprint density at radius 1 is 1.05 bits per heavy atom. The van der Waals surface area contributed by atoms with Crippen LogP contribution in [0.25, 0.3) is 0 Å². The van der Waals surface area contributed by atoms with Crippen molar-refractivity contribution in [2.45, 2.75) is 13.2 Å². The maximum absolute atomic E-state index is 6.10. The minimum Gasteiger partial charge on any atom is -0.487 e. The molecule has 0 radical (unpaired) electrons. The highest BCUT2D eigenvalue weighted by Crippen LogP contribution is 2.34. The summed E-state index contributed by atoms with van der Waals surface area (Å²) in [6.07, 6.45) is 0. The van der Waals surface area contributed by atoms with Crippen molar-refractivity contribution >= 4 is 39.1 Å². The van der Waals surface area contributed by atoms with E-state index in [4.69, 9.17) is 33.7 Å². The second kappa shape index (κ2) is 6.62. The van der Waals surface area contributed by atoms with Crippen molar-refractivity contribution in [3.05, 3.63) is 62.0 Å². The fourth-order valence-electron chi connectivity index (χ4n) is 1.67. The zero-order valence-corrected chi connectivity index (χ0v) is 13.1. The minimum atomic E-state index is 0.408. The Bertz CT molecular complexity index is 590. The molecule has 0 bridgehead atoms. The van der Waals surface area contributed by atoms with Gasteiger partial charge in [0.1, 0.15) is 12.4 Å². The van der Waals surface area contributed by atoms with Crippen LogP contribution in [0, 0.1) is 0 Å². The van der Waals surface area contributed by atoms with Crippen LogP contribution in [0.2, 0.25) is 10.0 Å². The first-order valence-electron chi connectivity index (χ1n) is 5.66. The van der Waals surface area contributed by atoms with Crippen molar-refractivity contribution in [2.75, 3.05) is 0 Å². The van der Waals surface area contributed by atoms with Crippen LogP contribution in [0.15, 0.2) is 40.9 Å². The van der Waals surface area contributed by atoms with E-state index in [0.717, 1.165) is 15.6 Å². The predicted octanol–water partition coefficient (Wildman–Crippen LogP) is 4.79. The molecule has 0 spiro atoms. The Labute approximate surface area is 130 Å². The monoisotopic (exact) mass is 359 g/mol. The molecule has 0 aliphatic rings. The van der Waals surface area contributed by atoms with E-state index in [1.54, 1.807) is 12.1 Å². The molecule has 0 fully saturated rings. The summed E-state index contributed by atoms with van der Waals surface area (Å²) in [5.41, 5.74) is 7.78. The lowest BCUT2D eigenvalue weighted by molar-refractivity contribution is 0.305. The van der Waals surface area contributed by atoms with Crippen LogP contribution < -0.4 is 10.5 Å². The molecule has 0 amide bonds. The van der Waals surface area contributed by atoms with Crippen LogP contribution >= 0.6 is 39.1 Å². The van der Waals surface area contributed by atoms with E-state index in [1.165, 1.54) is 0 Å². The van der Waals surface area contributed by atoms with Gasteiger partial charge >= 0.3 is 0 Å².